The molecule has 4 saturated carbocycles. The van der Waals surface area contributed by atoms with Crippen LogP contribution in [-0.4, -0.2) is 39.8 Å². The molecule has 4 rings (SSSR count). The fourth-order valence-electron chi connectivity index (χ4n) is 7.35. The zero-order valence-electron chi connectivity index (χ0n) is 16.2. The standard InChI is InChI=1S/C21H32O5/c1-12(22)26-18-10-14-15-4-5-17(24)19(15,2)8-7-16(14)20(3)9-6-13(23)11-21(18,20)25/h13-16,18,23,25H,4-11H2,1-3H3/t13-,14-,15+,16+,18-,19-,20+,21+/m1/s1. The first-order valence-corrected chi connectivity index (χ1v) is 10.2. The van der Waals surface area contributed by atoms with E-state index >= 15 is 0 Å². The number of esters is 1. The van der Waals surface area contributed by atoms with Gasteiger partial charge in [0.1, 0.15) is 17.5 Å². The molecule has 0 aliphatic heterocycles. The van der Waals surface area contributed by atoms with Crippen LogP contribution in [0, 0.1) is 28.6 Å². The number of ether oxygens (including phenoxy) is 1. The predicted octanol–water partition coefficient (Wildman–Crippen LogP) is 2.62. The number of Topliss-reactive ketones (excluding diaryl/α,β-unsaturated/α-hetero) is 1. The van der Waals surface area contributed by atoms with E-state index in [9.17, 15) is 19.8 Å². The topological polar surface area (TPSA) is 83.8 Å². The lowest BCUT2D eigenvalue weighted by Gasteiger charge is -2.65. The van der Waals surface area contributed by atoms with Crippen LogP contribution in [-0.2, 0) is 14.3 Å². The number of aliphatic hydroxyl groups is 2. The Morgan fingerprint density at radius 1 is 1.15 bits per heavy atom. The summed E-state index contributed by atoms with van der Waals surface area (Å²) in [4.78, 5) is 24.3. The maximum absolute atomic E-state index is 12.6. The second-order valence-corrected chi connectivity index (χ2v) is 9.87. The number of hydrogen-bond acceptors (Lipinski definition) is 5. The van der Waals surface area contributed by atoms with Crippen LogP contribution < -0.4 is 0 Å². The van der Waals surface area contributed by atoms with Crippen LogP contribution in [0.1, 0.15) is 72.1 Å². The summed E-state index contributed by atoms with van der Waals surface area (Å²) in [5.41, 5.74) is -1.82. The highest BCUT2D eigenvalue weighted by Crippen LogP contribution is 2.66. The van der Waals surface area contributed by atoms with Gasteiger partial charge in [-0.1, -0.05) is 13.8 Å². The number of carbonyl (C=O) groups is 2. The maximum atomic E-state index is 12.6. The van der Waals surface area contributed by atoms with Crippen molar-refractivity contribution >= 4 is 11.8 Å². The smallest absolute Gasteiger partial charge is 0.303 e. The van der Waals surface area contributed by atoms with Crippen LogP contribution in [0.25, 0.3) is 0 Å². The highest BCUT2D eigenvalue weighted by atomic mass is 16.6. The fraction of sp³-hybridized carbons (Fsp3) is 0.905. The van der Waals surface area contributed by atoms with E-state index in [1.54, 1.807) is 0 Å². The molecule has 4 aliphatic rings. The summed E-state index contributed by atoms with van der Waals surface area (Å²) in [6, 6.07) is 0. The van der Waals surface area contributed by atoms with Crippen LogP contribution in [0.3, 0.4) is 0 Å². The first-order chi connectivity index (χ1) is 12.1. The van der Waals surface area contributed by atoms with Gasteiger partial charge in [-0.05, 0) is 56.3 Å². The molecule has 0 aromatic rings. The predicted molar refractivity (Wildman–Crippen MR) is 95.1 cm³/mol. The molecule has 8 atom stereocenters. The number of hydrogen-bond donors (Lipinski definition) is 2. The molecule has 0 heterocycles. The van der Waals surface area contributed by atoms with E-state index in [1.807, 2.05) is 0 Å². The van der Waals surface area contributed by atoms with Crippen LogP contribution >= 0.6 is 0 Å². The molecule has 146 valence electrons. The van der Waals surface area contributed by atoms with Gasteiger partial charge in [0, 0.05) is 30.6 Å². The molecule has 5 nitrogen and oxygen atoms in total. The van der Waals surface area contributed by atoms with Crippen molar-refractivity contribution in [2.24, 2.45) is 28.6 Å². The monoisotopic (exact) mass is 364 g/mol. The van der Waals surface area contributed by atoms with Crippen molar-refractivity contribution in [1.29, 1.82) is 0 Å². The van der Waals surface area contributed by atoms with Gasteiger partial charge in [-0.2, -0.15) is 0 Å². The first-order valence-electron chi connectivity index (χ1n) is 10.2. The van der Waals surface area contributed by atoms with Gasteiger partial charge in [0.2, 0.25) is 0 Å². The van der Waals surface area contributed by atoms with Crippen molar-refractivity contribution < 1.29 is 24.5 Å². The zero-order valence-corrected chi connectivity index (χ0v) is 16.2. The molecule has 0 radical (unpaired) electrons. The van der Waals surface area contributed by atoms with Gasteiger partial charge < -0.3 is 14.9 Å². The van der Waals surface area contributed by atoms with Gasteiger partial charge in [-0.15, -0.1) is 0 Å². The van der Waals surface area contributed by atoms with Gasteiger partial charge >= 0.3 is 5.97 Å². The van der Waals surface area contributed by atoms with Crippen LogP contribution in [0.2, 0.25) is 0 Å². The van der Waals surface area contributed by atoms with Crippen molar-refractivity contribution in [3.8, 4) is 0 Å². The highest BCUT2D eigenvalue weighted by Gasteiger charge is 2.68. The normalized spacial score (nSPS) is 53.4. The van der Waals surface area contributed by atoms with E-state index in [-0.39, 0.29) is 23.2 Å². The lowest BCUT2D eigenvalue weighted by molar-refractivity contribution is -0.267. The third-order valence-electron chi connectivity index (χ3n) is 8.82. The van der Waals surface area contributed by atoms with E-state index in [1.165, 1.54) is 6.92 Å². The van der Waals surface area contributed by atoms with Gasteiger partial charge in [0.15, 0.2) is 0 Å². The van der Waals surface area contributed by atoms with Crippen molar-refractivity contribution in [2.75, 3.05) is 0 Å². The summed E-state index contributed by atoms with van der Waals surface area (Å²) in [5, 5.41) is 22.0. The minimum Gasteiger partial charge on any atom is -0.459 e. The summed E-state index contributed by atoms with van der Waals surface area (Å²) in [6.07, 6.45) is 4.54. The summed E-state index contributed by atoms with van der Waals surface area (Å²) < 4.78 is 5.65. The van der Waals surface area contributed by atoms with Crippen molar-refractivity contribution in [2.45, 2.75) is 89.9 Å². The molecule has 0 amide bonds. The lowest BCUT2D eigenvalue weighted by Crippen LogP contribution is -2.69. The maximum Gasteiger partial charge on any atom is 0.303 e. The molecular formula is C21H32O5. The number of aliphatic hydroxyl groups excluding tert-OH is 1. The molecule has 0 unspecified atom stereocenters. The van der Waals surface area contributed by atoms with Gasteiger partial charge in [-0.3, -0.25) is 9.59 Å². The Morgan fingerprint density at radius 3 is 2.58 bits per heavy atom. The average molecular weight is 364 g/mol. The largest absolute Gasteiger partial charge is 0.459 e. The zero-order chi connectivity index (χ0) is 18.9. The van der Waals surface area contributed by atoms with Crippen LogP contribution in [0.5, 0.6) is 0 Å². The van der Waals surface area contributed by atoms with E-state index < -0.39 is 17.8 Å². The first kappa shape index (κ1) is 18.4. The van der Waals surface area contributed by atoms with Gasteiger partial charge in [-0.25, -0.2) is 0 Å². The van der Waals surface area contributed by atoms with Crippen LogP contribution in [0.4, 0.5) is 0 Å². The molecule has 0 aromatic heterocycles. The Bertz CT molecular complexity index is 632. The molecule has 4 aliphatic carbocycles. The summed E-state index contributed by atoms with van der Waals surface area (Å²) >= 11 is 0. The van der Waals surface area contributed by atoms with E-state index in [0.29, 0.717) is 42.8 Å². The van der Waals surface area contributed by atoms with E-state index in [4.69, 9.17) is 4.74 Å². The molecule has 2 N–H and O–H groups in total. The SMILES string of the molecule is CC(=O)O[C@@H]1C[C@@H]2[C@@H]3CCC(=O)[C@]3(C)CC[C@@H]2[C@]2(C)CC[C@@H](O)C[C@]12O. The molecule has 0 spiro atoms. The Kier molecular flexibility index (Phi) is 4.09. The Hall–Kier alpha value is -0.940. The quantitative estimate of drug-likeness (QED) is 0.699. The lowest BCUT2D eigenvalue weighted by atomic mass is 9.43. The van der Waals surface area contributed by atoms with E-state index in [0.717, 1.165) is 25.7 Å². The molecule has 5 heteroatoms. The second kappa shape index (κ2) is 5.78. The van der Waals surface area contributed by atoms with Crippen molar-refractivity contribution in [3.05, 3.63) is 0 Å². The molecular weight excluding hydrogens is 332 g/mol. The fourth-order valence-corrected chi connectivity index (χ4v) is 7.35. The van der Waals surface area contributed by atoms with Crippen LogP contribution in [0.15, 0.2) is 0 Å². The minimum absolute atomic E-state index is 0.248. The molecule has 0 bridgehead atoms. The Labute approximate surface area is 155 Å². The second-order valence-electron chi connectivity index (χ2n) is 9.87. The summed E-state index contributed by atoms with van der Waals surface area (Å²) in [5.74, 6) is 0.932. The van der Waals surface area contributed by atoms with Gasteiger partial charge in [0.05, 0.1) is 6.10 Å². The summed E-state index contributed by atoms with van der Waals surface area (Å²) in [6.45, 7) is 5.64. The Balaban J connectivity index is 1.75. The summed E-state index contributed by atoms with van der Waals surface area (Å²) in [7, 11) is 0. The van der Waals surface area contributed by atoms with Crippen molar-refractivity contribution in [1.82, 2.24) is 0 Å². The minimum atomic E-state index is -1.19. The molecule has 26 heavy (non-hydrogen) atoms. The van der Waals surface area contributed by atoms with E-state index in [2.05, 4.69) is 13.8 Å². The Morgan fingerprint density at radius 2 is 1.88 bits per heavy atom. The highest BCUT2D eigenvalue weighted by molar-refractivity contribution is 5.87. The van der Waals surface area contributed by atoms with Gasteiger partial charge in [0.25, 0.3) is 0 Å². The average Bonchev–Trinajstić information content (AvgIpc) is 2.85. The number of rotatable bonds is 1. The molecule has 4 fully saturated rings. The molecule has 0 saturated heterocycles. The number of fused-ring (bicyclic) bond motifs is 5. The van der Waals surface area contributed by atoms with Crippen molar-refractivity contribution in [3.63, 3.8) is 0 Å². The molecule has 0 aromatic carbocycles. The third kappa shape index (κ3) is 2.29. The number of carbonyl (C=O) groups excluding carboxylic acids is 2. The third-order valence-corrected chi connectivity index (χ3v) is 8.82. The number of ketones is 1.